The van der Waals surface area contributed by atoms with Crippen LogP contribution in [-0.4, -0.2) is 81.2 Å². The Balaban J connectivity index is 1.54. The molecule has 19 heteroatoms. The van der Waals surface area contributed by atoms with Crippen molar-refractivity contribution in [2.45, 2.75) is 115 Å². The van der Waals surface area contributed by atoms with Gasteiger partial charge in [-0.3, -0.25) is 33.9 Å². The molecule has 1 aromatic heterocycles. The summed E-state index contributed by atoms with van der Waals surface area (Å²) in [4.78, 5) is 69.3. The van der Waals surface area contributed by atoms with Crippen molar-refractivity contribution in [3.05, 3.63) is 103 Å². The van der Waals surface area contributed by atoms with E-state index < -0.39 is 109 Å². The lowest BCUT2D eigenvalue weighted by Gasteiger charge is -2.32. The summed E-state index contributed by atoms with van der Waals surface area (Å²) in [5, 5.41) is 12.1. The van der Waals surface area contributed by atoms with Gasteiger partial charge in [-0.2, -0.15) is 0 Å². The predicted octanol–water partition coefficient (Wildman–Crippen LogP) is 3.46. The number of esters is 2. The molecule has 304 valence electrons. The minimum absolute atomic E-state index is 0.265. The number of sulfonamides is 1. The fourth-order valence-corrected chi connectivity index (χ4v) is 7.60. The van der Waals surface area contributed by atoms with E-state index in [9.17, 15) is 37.7 Å². The molecule has 2 aliphatic rings. The minimum Gasteiger partial charge on any atom is -0.459 e. The van der Waals surface area contributed by atoms with Gasteiger partial charge in [-0.15, -0.1) is 0 Å². The highest BCUT2D eigenvalue weighted by Gasteiger charge is 2.57. The lowest BCUT2D eigenvalue weighted by atomic mass is 9.98. The molecule has 56 heavy (non-hydrogen) atoms. The second-order valence-electron chi connectivity index (χ2n) is 15.7. The van der Waals surface area contributed by atoms with Crippen LogP contribution in [0.1, 0.15) is 67.2 Å². The maximum Gasteiger partial charge on any atom is 0.335 e. The van der Waals surface area contributed by atoms with Crippen LogP contribution in [0.5, 0.6) is 0 Å². The van der Waals surface area contributed by atoms with E-state index in [0.29, 0.717) is 14.6 Å². The third kappa shape index (κ3) is 9.42. The molecule has 0 spiro atoms. The first kappa shape index (κ1) is 42.4. The minimum atomic E-state index is -5.03. The number of rotatable bonds is 13. The Hall–Kier alpha value is -4.79. The highest BCUT2D eigenvalue weighted by molar-refractivity contribution is 7.89. The van der Waals surface area contributed by atoms with Crippen molar-refractivity contribution in [3.63, 3.8) is 0 Å². The molecule has 0 amide bonds. The zero-order valence-corrected chi connectivity index (χ0v) is 33.1. The number of carbonyl (C=O) groups excluding carboxylic acids is 2. The van der Waals surface area contributed by atoms with Crippen LogP contribution in [0, 0.1) is 15.5 Å². The maximum atomic E-state index is 14.5. The average Bonchev–Trinajstić information content (AvgIpc) is 3.59. The zero-order chi connectivity index (χ0) is 41.4. The number of fused-ring (bicyclic) bond motifs is 1. The molecule has 5 rings (SSSR count). The van der Waals surface area contributed by atoms with E-state index in [4.69, 9.17) is 28.5 Å². The van der Waals surface area contributed by atoms with Gasteiger partial charge in [0.1, 0.15) is 23.9 Å². The largest absolute Gasteiger partial charge is 0.459 e. The lowest BCUT2D eigenvalue weighted by Crippen LogP contribution is -2.50. The maximum absolute atomic E-state index is 14.5. The van der Waals surface area contributed by atoms with E-state index in [0.717, 1.165) is 22.8 Å². The van der Waals surface area contributed by atoms with Crippen molar-refractivity contribution in [2.75, 3.05) is 6.61 Å². The van der Waals surface area contributed by atoms with Crippen molar-refractivity contribution < 1.29 is 51.5 Å². The second-order valence-corrected chi connectivity index (χ2v) is 17.5. The number of hydroxylamine groups is 1. The molecule has 0 aliphatic carbocycles. The van der Waals surface area contributed by atoms with Crippen molar-refractivity contribution in [3.8, 4) is 0 Å². The van der Waals surface area contributed by atoms with E-state index in [1.807, 2.05) is 0 Å². The molecule has 2 saturated heterocycles. The van der Waals surface area contributed by atoms with Gasteiger partial charge in [-0.05, 0) is 67.0 Å². The van der Waals surface area contributed by atoms with Crippen LogP contribution in [0.2, 0.25) is 0 Å². The monoisotopic (exact) mass is 802 g/mol. The quantitative estimate of drug-likeness (QED) is 0.138. The third-order valence-corrected chi connectivity index (χ3v) is 10.3. The Morgan fingerprint density at radius 3 is 2.21 bits per heavy atom. The molecule has 5 atom stereocenters. The topological polar surface area (TPSA) is 214 Å². The molecule has 0 bridgehead atoms. The molecule has 0 saturated carbocycles. The summed E-state index contributed by atoms with van der Waals surface area (Å²) >= 11 is 0. The van der Waals surface area contributed by atoms with Gasteiger partial charge in [0, 0.05) is 24.8 Å². The zero-order valence-electron chi connectivity index (χ0n) is 32.3. The molecule has 0 unspecified atom stereocenters. The summed E-state index contributed by atoms with van der Waals surface area (Å²) in [5.41, 5.74) is -3.91. The van der Waals surface area contributed by atoms with Crippen molar-refractivity contribution in [1.82, 2.24) is 13.6 Å². The number of nitro benzene ring substituents is 1. The van der Waals surface area contributed by atoms with E-state index in [1.165, 1.54) is 18.3 Å². The summed E-state index contributed by atoms with van der Waals surface area (Å²) in [6, 6.07) is 12.4. The van der Waals surface area contributed by atoms with Crippen LogP contribution in [0.3, 0.4) is 0 Å². The van der Waals surface area contributed by atoms with Crippen molar-refractivity contribution in [2.24, 2.45) is 5.41 Å². The van der Waals surface area contributed by atoms with Gasteiger partial charge in [-0.25, -0.2) is 17.8 Å². The number of benzene rings is 2. The second kappa shape index (κ2) is 16.0. The fourth-order valence-electron chi connectivity index (χ4n) is 6.05. The van der Waals surface area contributed by atoms with Gasteiger partial charge in [0.2, 0.25) is 0 Å². The Kier molecular flexibility index (Phi) is 12.1. The number of para-hydroxylation sites is 1. The van der Waals surface area contributed by atoms with Crippen LogP contribution in [0.4, 0.5) is 5.69 Å². The van der Waals surface area contributed by atoms with Crippen LogP contribution in [0.25, 0.3) is 0 Å². The molecule has 2 aliphatic heterocycles. The van der Waals surface area contributed by atoms with Crippen LogP contribution in [0.15, 0.2) is 81.3 Å². The van der Waals surface area contributed by atoms with E-state index in [2.05, 4.69) is 0 Å². The predicted molar refractivity (Wildman–Crippen MR) is 196 cm³/mol. The Morgan fingerprint density at radius 1 is 0.964 bits per heavy atom. The number of ether oxygens (including phenoxy) is 5. The summed E-state index contributed by atoms with van der Waals surface area (Å²) in [5.74, 6) is -2.90. The van der Waals surface area contributed by atoms with Gasteiger partial charge >= 0.3 is 17.6 Å². The van der Waals surface area contributed by atoms with Crippen LogP contribution >= 0.6 is 0 Å². The van der Waals surface area contributed by atoms with Gasteiger partial charge < -0.3 is 23.7 Å². The standard InChI is InChI=1S/C37H46N4O14S/c1-35(2,3)33(44)50-22-39-28(42)18-19-38(34(39)45)31-30-29(53-37(7,8)54-30)26(52-31)21-51-41(56(48,49)27-17-13-12-16-24(27)40(46)47)25(32(43)55-36(4,5)6)20-23-14-10-9-11-15-23/h9-19,25-26,29-31H,20-22H2,1-8H3/t25-,26+,29+,30+,31+/m0/s1. The van der Waals surface area contributed by atoms with Crippen molar-refractivity contribution >= 4 is 27.6 Å². The third-order valence-electron chi connectivity index (χ3n) is 8.58. The first-order valence-electron chi connectivity index (χ1n) is 17.7. The first-order chi connectivity index (χ1) is 26.0. The Morgan fingerprint density at radius 2 is 1.59 bits per heavy atom. The Labute approximate surface area is 323 Å². The molecule has 2 aromatic carbocycles. The molecular weight excluding hydrogens is 756 g/mol. The normalized spacial score (nSPS) is 21.4. The van der Waals surface area contributed by atoms with E-state index >= 15 is 0 Å². The number of nitrogens with zero attached hydrogens (tertiary/aromatic N) is 4. The molecule has 3 aromatic rings. The van der Waals surface area contributed by atoms with Crippen LogP contribution in [-0.2, 0) is 61.3 Å². The molecular formula is C37H46N4O14S. The summed E-state index contributed by atoms with van der Waals surface area (Å²) < 4.78 is 60.6. The SMILES string of the molecule is CC(C)(C)OC(=O)[C@H](Cc1ccccc1)N(OC[C@H]1O[C@@H](n2ccc(=O)n(COC(=O)C(C)(C)C)c2=O)[C@@H]2OC(C)(C)O[C@@H]21)S(=O)(=O)c1ccccc1[N+](=O)[O-]. The summed E-state index contributed by atoms with van der Waals surface area (Å²) in [7, 11) is -5.03. The van der Waals surface area contributed by atoms with Gasteiger partial charge in [-0.1, -0.05) is 46.9 Å². The van der Waals surface area contributed by atoms with Crippen molar-refractivity contribution in [1.29, 1.82) is 0 Å². The molecule has 18 nitrogen and oxygen atoms in total. The number of nitro groups is 1. The van der Waals surface area contributed by atoms with Gasteiger partial charge in [0.05, 0.1) is 16.9 Å². The summed E-state index contributed by atoms with van der Waals surface area (Å²) in [6.45, 7) is 11.5. The van der Waals surface area contributed by atoms with Gasteiger partial charge in [0.15, 0.2) is 29.7 Å². The van der Waals surface area contributed by atoms with E-state index in [-0.39, 0.29) is 6.42 Å². The number of aromatic nitrogens is 2. The first-order valence-corrected chi connectivity index (χ1v) is 19.1. The number of carbonyl (C=O) groups is 2. The Bertz CT molecular complexity index is 2170. The smallest absolute Gasteiger partial charge is 0.335 e. The lowest BCUT2D eigenvalue weighted by molar-refractivity contribution is -0.388. The average molecular weight is 803 g/mol. The highest BCUT2D eigenvalue weighted by atomic mass is 32.2. The fraction of sp³-hybridized carbons (Fsp3) is 0.514. The molecule has 3 heterocycles. The summed E-state index contributed by atoms with van der Waals surface area (Å²) in [6.07, 6.45) is -3.59. The number of hydrogen-bond donors (Lipinski definition) is 0. The molecule has 0 radical (unpaired) electrons. The highest BCUT2D eigenvalue weighted by Crippen LogP contribution is 2.43. The number of hydrogen-bond acceptors (Lipinski definition) is 14. The van der Waals surface area contributed by atoms with E-state index in [1.54, 1.807) is 85.7 Å². The van der Waals surface area contributed by atoms with Crippen LogP contribution < -0.4 is 11.2 Å². The molecule has 2 fully saturated rings. The molecule has 0 N–H and O–H groups in total. The van der Waals surface area contributed by atoms with Gasteiger partial charge in [0.25, 0.3) is 21.3 Å².